The molecule has 1 aromatic carbocycles. The molecule has 3 aliphatic rings. The maximum atomic E-state index is 12.8. The molecule has 1 aromatic rings. The summed E-state index contributed by atoms with van der Waals surface area (Å²) in [5.74, 6) is 0.179. The van der Waals surface area contributed by atoms with E-state index in [1.54, 1.807) is 0 Å². The van der Waals surface area contributed by atoms with Crippen molar-refractivity contribution in [2.75, 3.05) is 26.3 Å². The Morgan fingerprint density at radius 1 is 1.23 bits per heavy atom. The second-order valence-electron chi connectivity index (χ2n) is 7.62. The van der Waals surface area contributed by atoms with Crippen molar-refractivity contribution in [2.45, 2.75) is 56.6 Å². The second kappa shape index (κ2) is 8.05. The monoisotopic (exact) mass is 360 g/mol. The van der Waals surface area contributed by atoms with Crippen LogP contribution in [0.3, 0.4) is 0 Å². The quantitative estimate of drug-likeness (QED) is 0.819. The lowest BCUT2D eigenvalue weighted by Gasteiger charge is -2.39. The Morgan fingerprint density at radius 3 is 2.96 bits per heavy atom. The van der Waals surface area contributed by atoms with Gasteiger partial charge in [0.1, 0.15) is 0 Å². The number of hydrogen-bond acceptors (Lipinski definition) is 5. The molecule has 6 heteroatoms. The van der Waals surface area contributed by atoms with Crippen molar-refractivity contribution in [1.82, 2.24) is 10.2 Å². The number of ether oxygens (including phenoxy) is 2. The van der Waals surface area contributed by atoms with Crippen molar-refractivity contribution in [3.8, 4) is 0 Å². The van der Waals surface area contributed by atoms with E-state index < -0.39 is 6.10 Å². The van der Waals surface area contributed by atoms with Crippen LogP contribution in [0, 0.1) is 0 Å². The molecule has 0 bridgehead atoms. The maximum Gasteiger partial charge on any atom is 0.225 e. The highest BCUT2D eigenvalue weighted by Crippen LogP contribution is 2.25. The Morgan fingerprint density at radius 2 is 2.08 bits per heavy atom. The second-order valence-corrected chi connectivity index (χ2v) is 7.62. The zero-order valence-electron chi connectivity index (χ0n) is 15.1. The molecule has 4 rings (SSSR count). The van der Waals surface area contributed by atoms with Gasteiger partial charge in [-0.25, -0.2) is 0 Å². The number of aliphatic hydroxyl groups excluding tert-OH is 1. The van der Waals surface area contributed by atoms with Gasteiger partial charge in [0.2, 0.25) is 5.91 Å². The molecule has 0 aromatic heterocycles. The Labute approximate surface area is 154 Å². The summed E-state index contributed by atoms with van der Waals surface area (Å²) in [5.41, 5.74) is 2.61. The molecule has 3 heterocycles. The number of hydrogen-bond donors (Lipinski definition) is 2. The van der Waals surface area contributed by atoms with Crippen LogP contribution in [-0.4, -0.2) is 66.6 Å². The molecule has 1 amide bonds. The lowest BCUT2D eigenvalue weighted by Crippen LogP contribution is -2.54. The molecule has 0 saturated carbocycles. The number of amides is 1. The van der Waals surface area contributed by atoms with Gasteiger partial charge in [0.25, 0.3) is 0 Å². The third-order valence-corrected chi connectivity index (χ3v) is 5.71. The molecule has 4 atom stereocenters. The Bertz CT molecular complexity index is 638. The number of aliphatic hydroxyl groups is 1. The van der Waals surface area contributed by atoms with E-state index in [0.717, 1.165) is 25.8 Å². The van der Waals surface area contributed by atoms with E-state index in [0.29, 0.717) is 32.7 Å². The molecule has 6 nitrogen and oxygen atoms in total. The minimum absolute atomic E-state index is 0.0452. The molecular weight excluding hydrogens is 332 g/mol. The first kappa shape index (κ1) is 17.9. The summed E-state index contributed by atoms with van der Waals surface area (Å²) in [5, 5.41) is 13.1. The minimum Gasteiger partial charge on any atom is -0.389 e. The summed E-state index contributed by atoms with van der Waals surface area (Å²) in [7, 11) is 0. The van der Waals surface area contributed by atoms with E-state index in [1.807, 2.05) is 11.0 Å². The molecule has 0 spiro atoms. The lowest BCUT2D eigenvalue weighted by atomic mass is 9.95. The first-order valence-corrected chi connectivity index (χ1v) is 9.68. The van der Waals surface area contributed by atoms with Gasteiger partial charge < -0.3 is 24.8 Å². The van der Waals surface area contributed by atoms with Gasteiger partial charge in [-0.05, 0) is 30.4 Å². The number of carbonyl (C=O) groups is 1. The van der Waals surface area contributed by atoms with Crippen molar-refractivity contribution in [3.05, 3.63) is 35.4 Å². The third-order valence-electron chi connectivity index (χ3n) is 5.71. The van der Waals surface area contributed by atoms with E-state index in [-0.39, 0.29) is 24.2 Å². The average Bonchev–Trinajstić information content (AvgIpc) is 2.65. The van der Waals surface area contributed by atoms with Gasteiger partial charge in [-0.1, -0.05) is 24.3 Å². The highest BCUT2D eigenvalue weighted by Gasteiger charge is 2.34. The van der Waals surface area contributed by atoms with Gasteiger partial charge in [-0.15, -0.1) is 0 Å². The molecule has 0 unspecified atom stereocenters. The molecule has 0 radical (unpaired) electrons. The SMILES string of the molecule is O=C(C[C@@H]1CC[C@@H]2NC[C@@H](O)COC[C@H]2O1)N1CCc2ccccc2C1. The average molecular weight is 360 g/mol. The number of nitrogens with one attached hydrogen (secondary N) is 1. The van der Waals surface area contributed by atoms with Gasteiger partial charge >= 0.3 is 0 Å². The molecule has 3 aliphatic heterocycles. The largest absolute Gasteiger partial charge is 0.389 e. The van der Waals surface area contributed by atoms with Crippen LogP contribution in [0.4, 0.5) is 0 Å². The number of carbonyl (C=O) groups excluding carboxylic acids is 1. The van der Waals surface area contributed by atoms with Gasteiger partial charge in [0.05, 0.1) is 37.9 Å². The predicted molar refractivity (Wildman–Crippen MR) is 96.7 cm³/mol. The molecule has 26 heavy (non-hydrogen) atoms. The van der Waals surface area contributed by atoms with Crippen LogP contribution in [-0.2, 0) is 27.2 Å². The highest BCUT2D eigenvalue weighted by molar-refractivity contribution is 5.77. The zero-order chi connectivity index (χ0) is 17.9. The fraction of sp³-hybridized carbons (Fsp3) is 0.650. The number of nitrogens with zero attached hydrogens (tertiary/aromatic N) is 1. The van der Waals surface area contributed by atoms with E-state index in [1.165, 1.54) is 11.1 Å². The van der Waals surface area contributed by atoms with Gasteiger partial charge in [0.15, 0.2) is 0 Å². The van der Waals surface area contributed by atoms with Crippen LogP contribution in [0.15, 0.2) is 24.3 Å². The fourth-order valence-corrected chi connectivity index (χ4v) is 4.20. The summed E-state index contributed by atoms with van der Waals surface area (Å²) in [4.78, 5) is 14.7. The topological polar surface area (TPSA) is 71.0 Å². The summed E-state index contributed by atoms with van der Waals surface area (Å²) < 4.78 is 11.7. The Balaban J connectivity index is 1.31. The van der Waals surface area contributed by atoms with E-state index in [9.17, 15) is 9.90 Å². The highest BCUT2D eigenvalue weighted by atomic mass is 16.5. The summed E-state index contributed by atoms with van der Waals surface area (Å²) in [6.45, 7) is 2.82. The van der Waals surface area contributed by atoms with Crippen LogP contribution in [0.25, 0.3) is 0 Å². The third kappa shape index (κ3) is 4.09. The van der Waals surface area contributed by atoms with Crippen molar-refractivity contribution in [1.29, 1.82) is 0 Å². The summed E-state index contributed by atoms with van der Waals surface area (Å²) in [6, 6.07) is 8.56. The number of β-amino-alcohol motifs (C(OH)–C–C–N with tert-alkyl or cyclic N) is 1. The minimum atomic E-state index is -0.461. The van der Waals surface area contributed by atoms with Crippen molar-refractivity contribution in [2.24, 2.45) is 0 Å². The van der Waals surface area contributed by atoms with Crippen molar-refractivity contribution in [3.63, 3.8) is 0 Å². The smallest absolute Gasteiger partial charge is 0.225 e. The number of benzene rings is 1. The Kier molecular flexibility index (Phi) is 5.55. The standard InChI is InChI=1S/C20H28N2O4/c23-16-10-21-18-6-5-17(26-19(18)13-25-12-16)9-20(24)22-8-7-14-3-1-2-4-15(14)11-22/h1-4,16-19,21,23H,5-13H2/t16-,17+,18+,19-/m1/s1. The fourth-order valence-electron chi connectivity index (χ4n) is 4.20. The van der Waals surface area contributed by atoms with Gasteiger partial charge in [-0.2, -0.15) is 0 Å². The molecular formula is C20H28N2O4. The van der Waals surface area contributed by atoms with Crippen LogP contribution in [0.1, 0.15) is 30.4 Å². The lowest BCUT2D eigenvalue weighted by molar-refractivity contribution is -0.145. The van der Waals surface area contributed by atoms with Crippen LogP contribution in [0.2, 0.25) is 0 Å². The van der Waals surface area contributed by atoms with E-state index in [4.69, 9.17) is 9.47 Å². The van der Waals surface area contributed by atoms with Crippen LogP contribution < -0.4 is 5.32 Å². The molecule has 2 fully saturated rings. The molecule has 142 valence electrons. The van der Waals surface area contributed by atoms with E-state index >= 15 is 0 Å². The van der Waals surface area contributed by atoms with Crippen LogP contribution >= 0.6 is 0 Å². The van der Waals surface area contributed by atoms with Crippen molar-refractivity contribution < 1.29 is 19.4 Å². The normalized spacial score (nSPS) is 32.1. The molecule has 2 N–H and O–H groups in total. The zero-order valence-corrected chi connectivity index (χ0v) is 15.1. The van der Waals surface area contributed by atoms with Crippen molar-refractivity contribution >= 4 is 5.91 Å². The van der Waals surface area contributed by atoms with Gasteiger partial charge in [0, 0.05) is 25.7 Å². The predicted octanol–water partition coefficient (Wildman–Crippen LogP) is 0.858. The van der Waals surface area contributed by atoms with Crippen LogP contribution in [0.5, 0.6) is 0 Å². The first-order chi connectivity index (χ1) is 12.7. The Hall–Kier alpha value is -1.47. The number of fused-ring (bicyclic) bond motifs is 2. The molecule has 0 aliphatic carbocycles. The van der Waals surface area contributed by atoms with Gasteiger partial charge in [-0.3, -0.25) is 4.79 Å². The molecule has 2 saturated heterocycles. The first-order valence-electron chi connectivity index (χ1n) is 9.68. The number of rotatable bonds is 2. The van der Waals surface area contributed by atoms with E-state index in [2.05, 4.69) is 23.5 Å². The maximum absolute atomic E-state index is 12.8. The summed E-state index contributed by atoms with van der Waals surface area (Å²) >= 11 is 0. The summed E-state index contributed by atoms with van der Waals surface area (Å²) in [6.07, 6.45) is 2.62.